The summed E-state index contributed by atoms with van der Waals surface area (Å²) in [6.07, 6.45) is 0. The average Bonchev–Trinajstić information content (AvgIpc) is 2.26. The summed E-state index contributed by atoms with van der Waals surface area (Å²) in [5.41, 5.74) is 17.9. The van der Waals surface area contributed by atoms with Crippen LogP contribution in [0.4, 0.5) is 11.4 Å². The van der Waals surface area contributed by atoms with Crippen molar-refractivity contribution in [2.24, 2.45) is 0 Å². The highest BCUT2D eigenvalue weighted by Crippen LogP contribution is 2.29. The highest BCUT2D eigenvalue weighted by atomic mass is 14.6. The normalized spacial score (nSPS) is 10.4. The molecule has 0 spiro atoms. The van der Waals surface area contributed by atoms with E-state index in [9.17, 15) is 0 Å². The molecule has 0 aromatic heterocycles. The van der Waals surface area contributed by atoms with Gasteiger partial charge in [-0.2, -0.15) is 0 Å². The molecular weight excluding hydrogens is 196 g/mol. The van der Waals surface area contributed by atoms with Crippen molar-refractivity contribution in [3.05, 3.63) is 47.5 Å². The quantitative estimate of drug-likeness (QED) is 0.713. The van der Waals surface area contributed by atoms with Gasteiger partial charge in [-0.05, 0) is 48.2 Å². The third kappa shape index (κ3) is 1.74. The maximum Gasteiger partial charge on any atom is 0.0349 e. The number of nitrogen functional groups attached to an aromatic ring is 2. The van der Waals surface area contributed by atoms with Crippen LogP contribution in [-0.2, 0) is 0 Å². The lowest BCUT2D eigenvalue weighted by molar-refractivity contribution is 1.43. The molecule has 0 aliphatic carbocycles. The van der Waals surface area contributed by atoms with Crippen molar-refractivity contribution in [1.82, 2.24) is 0 Å². The Balaban J connectivity index is 2.59. The van der Waals surface area contributed by atoms with Crippen LogP contribution in [0.15, 0.2) is 36.4 Å². The Morgan fingerprint density at radius 1 is 0.875 bits per heavy atom. The van der Waals surface area contributed by atoms with Crippen LogP contribution in [0, 0.1) is 13.8 Å². The second-order valence-electron chi connectivity index (χ2n) is 4.09. The highest BCUT2D eigenvalue weighted by molar-refractivity contribution is 5.75. The molecule has 16 heavy (non-hydrogen) atoms. The molecule has 0 radical (unpaired) electrons. The van der Waals surface area contributed by atoms with Crippen molar-refractivity contribution in [1.29, 1.82) is 0 Å². The first-order valence-electron chi connectivity index (χ1n) is 5.31. The van der Waals surface area contributed by atoms with Crippen molar-refractivity contribution in [3.8, 4) is 11.1 Å². The maximum atomic E-state index is 5.91. The zero-order chi connectivity index (χ0) is 11.7. The molecule has 2 aromatic carbocycles. The van der Waals surface area contributed by atoms with Crippen LogP contribution in [0.1, 0.15) is 11.1 Å². The van der Waals surface area contributed by atoms with E-state index in [1.807, 2.05) is 38.1 Å². The summed E-state index contributed by atoms with van der Waals surface area (Å²) in [5, 5.41) is 0. The van der Waals surface area contributed by atoms with E-state index in [2.05, 4.69) is 12.1 Å². The molecule has 4 N–H and O–H groups in total. The minimum atomic E-state index is 0.816. The Kier molecular flexibility index (Phi) is 2.57. The first kappa shape index (κ1) is 10.6. The van der Waals surface area contributed by atoms with Gasteiger partial charge in [-0.3, -0.25) is 0 Å². The van der Waals surface area contributed by atoms with Gasteiger partial charge in [0.1, 0.15) is 0 Å². The van der Waals surface area contributed by atoms with Crippen LogP contribution in [0.5, 0.6) is 0 Å². The summed E-state index contributed by atoms with van der Waals surface area (Å²) in [5.74, 6) is 0. The Morgan fingerprint density at radius 2 is 1.62 bits per heavy atom. The van der Waals surface area contributed by atoms with Crippen molar-refractivity contribution in [2.75, 3.05) is 11.5 Å². The number of rotatable bonds is 1. The summed E-state index contributed by atoms with van der Waals surface area (Å²) in [6, 6.07) is 12.1. The Hall–Kier alpha value is -1.96. The fraction of sp³-hybridized carbons (Fsp3) is 0.143. The third-order valence-corrected chi connectivity index (χ3v) is 2.97. The molecule has 0 saturated heterocycles. The van der Waals surface area contributed by atoms with Gasteiger partial charge in [-0.1, -0.05) is 24.3 Å². The third-order valence-electron chi connectivity index (χ3n) is 2.97. The van der Waals surface area contributed by atoms with E-state index in [0.29, 0.717) is 0 Å². The van der Waals surface area contributed by atoms with Crippen LogP contribution < -0.4 is 11.5 Å². The van der Waals surface area contributed by atoms with Gasteiger partial charge in [0.15, 0.2) is 0 Å². The molecule has 2 nitrogen and oxygen atoms in total. The zero-order valence-electron chi connectivity index (χ0n) is 9.62. The number of anilines is 2. The molecule has 0 aliphatic rings. The lowest BCUT2D eigenvalue weighted by Gasteiger charge is -2.10. The molecule has 0 saturated carbocycles. The number of benzene rings is 2. The summed E-state index contributed by atoms with van der Waals surface area (Å²) < 4.78 is 0. The van der Waals surface area contributed by atoms with Crippen LogP contribution in [-0.4, -0.2) is 0 Å². The Bertz CT molecular complexity index is 530. The van der Waals surface area contributed by atoms with Gasteiger partial charge in [0, 0.05) is 11.4 Å². The Labute approximate surface area is 95.9 Å². The summed E-state index contributed by atoms with van der Waals surface area (Å²) in [4.78, 5) is 0. The van der Waals surface area contributed by atoms with Crippen molar-refractivity contribution in [2.45, 2.75) is 13.8 Å². The smallest absolute Gasteiger partial charge is 0.0349 e. The number of hydrogen-bond acceptors (Lipinski definition) is 2. The fourth-order valence-electron chi connectivity index (χ4n) is 1.77. The predicted molar refractivity (Wildman–Crippen MR) is 70.2 cm³/mol. The van der Waals surface area contributed by atoms with E-state index in [1.165, 1.54) is 0 Å². The summed E-state index contributed by atoms with van der Waals surface area (Å²) in [7, 11) is 0. The predicted octanol–water partition coefficient (Wildman–Crippen LogP) is 3.13. The van der Waals surface area contributed by atoms with E-state index in [4.69, 9.17) is 11.5 Å². The molecule has 0 atom stereocenters. The fourth-order valence-corrected chi connectivity index (χ4v) is 1.77. The van der Waals surface area contributed by atoms with Crippen molar-refractivity contribution < 1.29 is 0 Å². The van der Waals surface area contributed by atoms with E-state index in [1.54, 1.807) is 0 Å². The Morgan fingerprint density at radius 3 is 2.31 bits per heavy atom. The first-order valence-corrected chi connectivity index (χ1v) is 5.31. The van der Waals surface area contributed by atoms with Gasteiger partial charge >= 0.3 is 0 Å². The highest BCUT2D eigenvalue weighted by Gasteiger charge is 2.05. The van der Waals surface area contributed by atoms with Gasteiger partial charge in [0.25, 0.3) is 0 Å². The van der Waals surface area contributed by atoms with E-state index in [0.717, 1.165) is 33.6 Å². The standard InChI is InChI=1S/C14H16N2/c1-9-6-7-11(8-14(9)16)12-4-3-5-13(15)10(12)2/h3-8H,15-16H2,1-2H3. The summed E-state index contributed by atoms with van der Waals surface area (Å²) in [6.45, 7) is 4.03. The second-order valence-corrected chi connectivity index (χ2v) is 4.09. The molecule has 0 heterocycles. The number of nitrogens with two attached hydrogens (primary N) is 2. The lowest BCUT2D eigenvalue weighted by Crippen LogP contribution is -1.94. The first-order chi connectivity index (χ1) is 7.59. The molecule has 2 heteroatoms. The molecule has 0 aliphatic heterocycles. The van der Waals surface area contributed by atoms with Crippen molar-refractivity contribution >= 4 is 11.4 Å². The minimum Gasteiger partial charge on any atom is -0.398 e. The van der Waals surface area contributed by atoms with Gasteiger partial charge in [0.05, 0.1) is 0 Å². The minimum absolute atomic E-state index is 0.816. The molecule has 0 fully saturated rings. The van der Waals surface area contributed by atoms with Crippen molar-refractivity contribution in [3.63, 3.8) is 0 Å². The zero-order valence-corrected chi connectivity index (χ0v) is 9.62. The molecule has 2 rings (SSSR count). The number of aryl methyl sites for hydroxylation is 1. The van der Waals surface area contributed by atoms with Crippen LogP contribution in [0.2, 0.25) is 0 Å². The molecule has 0 amide bonds. The van der Waals surface area contributed by atoms with E-state index < -0.39 is 0 Å². The summed E-state index contributed by atoms with van der Waals surface area (Å²) >= 11 is 0. The van der Waals surface area contributed by atoms with Gasteiger partial charge < -0.3 is 11.5 Å². The van der Waals surface area contributed by atoms with Crippen LogP contribution in [0.25, 0.3) is 11.1 Å². The molecule has 0 unspecified atom stereocenters. The second kappa shape index (κ2) is 3.89. The van der Waals surface area contributed by atoms with Gasteiger partial charge in [-0.15, -0.1) is 0 Å². The molecular formula is C14H16N2. The largest absolute Gasteiger partial charge is 0.398 e. The van der Waals surface area contributed by atoms with E-state index >= 15 is 0 Å². The molecule has 0 bridgehead atoms. The number of hydrogen-bond donors (Lipinski definition) is 2. The van der Waals surface area contributed by atoms with Gasteiger partial charge in [0.2, 0.25) is 0 Å². The molecule has 2 aromatic rings. The maximum absolute atomic E-state index is 5.91. The average molecular weight is 212 g/mol. The van der Waals surface area contributed by atoms with Crippen LogP contribution in [0.3, 0.4) is 0 Å². The topological polar surface area (TPSA) is 52.0 Å². The molecule has 82 valence electrons. The monoisotopic (exact) mass is 212 g/mol. The van der Waals surface area contributed by atoms with E-state index in [-0.39, 0.29) is 0 Å². The van der Waals surface area contributed by atoms with Gasteiger partial charge in [-0.25, -0.2) is 0 Å². The van der Waals surface area contributed by atoms with Crippen LogP contribution >= 0.6 is 0 Å². The SMILES string of the molecule is Cc1ccc(-c2cccc(N)c2C)cc1N. The lowest BCUT2D eigenvalue weighted by atomic mass is 9.98.